The molecule has 1 aliphatic carbocycles. The van der Waals surface area contributed by atoms with E-state index in [4.69, 9.17) is 10.5 Å². The van der Waals surface area contributed by atoms with Gasteiger partial charge in [0.25, 0.3) is 0 Å². The minimum absolute atomic E-state index is 0.160. The molecule has 98 valence electrons. The Morgan fingerprint density at radius 2 is 2.11 bits per heavy atom. The van der Waals surface area contributed by atoms with Crippen molar-refractivity contribution >= 4 is 16.5 Å². The number of aryl methyl sites for hydroxylation is 1. The number of nitrogens with zero attached hydrogens (tertiary/aromatic N) is 1. The molecule has 0 bridgehead atoms. The highest BCUT2D eigenvalue weighted by molar-refractivity contribution is 7.16. The first-order valence-corrected chi connectivity index (χ1v) is 7.56. The molecule has 4 heteroatoms. The SMILES string of the molecule is Cc1ccc2c(c1)-c1nc(N)sc1C1(CCCC1)O2. The second-order valence-corrected chi connectivity index (χ2v) is 6.56. The van der Waals surface area contributed by atoms with Crippen molar-refractivity contribution in [3.05, 3.63) is 28.6 Å². The van der Waals surface area contributed by atoms with Gasteiger partial charge in [0.1, 0.15) is 11.4 Å². The standard InChI is InChI=1S/C15H16N2OS/c1-9-4-5-11-10(8-9)12-13(19-14(16)17-12)15(18-11)6-2-3-7-15/h4-5,8H,2-3,6-7H2,1H3,(H2,16,17). The van der Waals surface area contributed by atoms with Crippen LogP contribution in [-0.2, 0) is 5.60 Å². The van der Waals surface area contributed by atoms with Gasteiger partial charge >= 0.3 is 0 Å². The molecule has 1 saturated carbocycles. The van der Waals surface area contributed by atoms with E-state index in [0.717, 1.165) is 29.8 Å². The number of nitrogens with two attached hydrogens (primary N) is 1. The largest absolute Gasteiger partial charge is 0.481 e. The van der Waals surface area contributed by atoms with Gasteiger partial charge in [0.05, 0.1) is 10.6 Å². The highest BCUT2D eigenvalue weighted by Gasteiger charge is 2.45. The third kappa shape index (κ3) is 1.53. The molecule has 1 aliphatic heterocycles. The number of rotatable bonds is 0. The van der Waals surface area contributed by atoms with Crippen molar-refractivity contribution in [2.75, 3.05) is 5.73 Å². The third-order valence-electron chi connectivity index (χ3n) is 4.16. The Hall–Kier alpha value is -1.55. The van der Waals surface area contributed by atoms with Crippen molar-refractivity contribution in [1.29, 1.82) is 0 Å². The first-order valence-electron chi connectivity index (χ1n) is 6.75. The molecule has 0 amide bonds. The van der Waals surface area contributed by atoms with Crippen molar-refractivity contribution in [3.63, 3.8) is 0 Å². The van der Waals surface area contributed by atoms with Crippen LogP contribution in [0.5, 0.6) is 5.75 Å². The van der Waals surface area contributed by atoms with Crippen LogP contribution in [0.1, 0.15) is 36.1 Å². The van der Waals surface area contributed by atoms with Gasteiger partial charge in [0.2, 0.25) is 0 Å². The zero-order valence-electron chi connectivity index (χ0n) is 10.9. The van der Waals surface area contributed by atoms with E-state index >= 15 is 0 Å². The highest BCUT2D eigenvalue weighted by Crippen LogP contribution is 2.54. The Morgan fingerprint density at radius 3 is 2.89 bits per heavy atom. The van der Waals surface area contributed by atoms with E-state index in [9.17, 15) is 0 Å². The molecule has 0 unspecified atom stereocenters. The molecule has 2 aromatic rings. The van der Waals surface area contributed by atoms with Crippen LogP contribution in [0.4, 0.5) is 5.13 Å². The lowest BCUT2D eigenvalue weighted by Crippen LogP contribution is -2.32. The van der Waals surface area contributed by atoms with Crippen molar-refractivity contribution in [2.45, 2.75) is 38.2 Å². The summed E-state index contributed by atoms with van der Waals surface area (Å²) in [5.74, 6) is 0.963. The molecule has 3 nitrogen and oxygen atoms in total. The van der Waals surface area contributed by atoms with Crippen LogP contribution >= 0.6 is 11.3 Å². The van der Waals surface area contributed by atoms with Gasteiger partial charge in [-0.05, 0) is 44.7 Å². The maximum absolute atomic E-state index is 6.39. The summed E-state index contributed by atoms with van der Waals surface area (Å²) in [4.78, 5) is 5.81. The zero-order valence-corrected chi connectivity index (χ0v) is 11.7. The van der Waals surface area contributed by atoms with Gasteiger partial charge in [-0.2, -0.15) is 0 Å². The number of nitrogen functional groups attached to an aromatic ring is 1. The molecule has 1 aromatic carbocycles. The fraction of sp³-hybridized carbons (Fsp3) is 0.400. The average Bonchev–Trinajstić information content (AvgIpc) is 2.98. The topological polar surface area (TPSA) is 48.1 Å². The van der Waals surface area contributed by atoms with Gasteiger partial charge in [-0.1, -0.05) is 23.0 Å². The van der Waals surface area contributed by atoms with Crippen LogP contribution in [0.25, 0.3) is 11.3 Å². The molecule has 4 rings (SSSR count). The van der Waals surface area contributed by atoms with E-state index in [1.165, 1.54) is 23.3 Å². The number of aromatic nitrogens is 1. The maximum atomic E-state index is 6.39. The van der Waals surface area contributed by atoms with E-state index in [1.807, 2.05) is 0 Å². The number of hydrogen-bond acceptors (Lipinski definition) is 4. The first kappa shape index (κ1) is 11.3. The number of anilines is 1. The molecular formula is C15H16N2OS. The number of hydrogen-bond donors (Lipinski definition) is 1. The third-order valence-corrected chi connectivity index (χ3v) is 5.23. The summed E-state index contributed by atoms with van der Waals surface area (Å²) >= 11 is 1.60. The predicted molar refractivity (Wildman–Crippen MR) is 77.5 cm³/mol. The molecule has 1 spiro atoms. The van der Waals surface area contributed by atoms with Gasteiger partial charge in [-0.15, -0.1) is 0 Å². The number of benzene rings is 1. The molecule has 2 aliphatic rings. The molecular weight excluding hydrogens is 256 g/mol. The molecule has 1 aromatic heterocycles. The molecule has 0 saturated heterocycles. The minimum Gasteiger partial charge on any atom is -0.481 e. The molecule has 0 radical (unpaired) electrons. The quantitative estimate of drug-likeness (QED) is 0.792. The molecule has 2 N–H and O–H groups in total. The highest BCUT2D eigenvalue weighted by atomic mass is 32.1. The lowest BCUT2D eigenvalue weighted by molar-refractivity contribution is 0.0748. The van der Waals surface area contributed by atoms with Gasteiger partial charge in [-0.3, -0.25) is 0 Å². The Labute approximate surface area is 116 Å². The van der Waals surface area contributed by atoms with Gasteiger partial charge < -0.3 is 10.5 Å². The summed E-state index contributed by atoms with van der Waals surface area (Å²) < 4.78 is 6.39. The maximum Gasteiger partial charge on any atom is 0.180 e. The van der Waals surface area contributed by atoms with Gasteiger partial charge in [0, 0.05) is 5.56 Å². The number of ether oxygens (including phenoxy) is 1. The molecule has 19 heavy (non-hydrogen) atoms. The Kier molecular flexibility index (Phi) is 2.22. The van der Waals surface area contributed by atoms with Crippen LogP contribution in [-0.4, -0.2) is 4.98 Å². The molecule has 2 heterocycles. The normalized spacial score (nSPS) is 19.0. The van der Waals surface area contributed by atoms with Gasteiger partial charge in [0.15, 0.2) is 5.13 Å². The Bertz CT molecular complexity index is 656. The Morgan fingerprint density at radius 1 is 1.32 bits per heavy atom. The monoisotopic (exact) mass is 272 g/mol. The summed E-state index contributed by atoms with van der Waals surface area (Å²) in [5, 5.41) is 0.647. The first-order chi connectivity index (χ1) is 9.18. The molecule has 1 fully saturated rings. The lowest BCUT2D eigenvalue weighted by atomic mass is 9.92. The average molecular weight is 272 g/mol. The van der Waals surface area contributed by atoms with E-state index in [2.05, 4.69) is 30.1 Å². The second-order valence-electron chi connectivity index (χ2n) is 5.53. The molecule has 0 atom stereocenters. The van der Waals surface area contributed by atoms with Crippen LogP contribution < -0.4 is 10.5 Å². The summed E-state index contributed by atoms with van der Waals surface area (Å²) in [6, 6.07) is 6.32. The van der Waals surface area contributed by atoms with Crippen molar-refractivity contribution in [1.82, 2.24) is 4.98 Å². The van der Waals surface area contributed by atoms with Crippen LogP contribution in [0, 0.1) is 6.92 Å². The minimum atomic E-state index is -0.160. The van der Waals surface area contributed by atoms with Crippen molar-refractivity contribution < 1.29 is 4.74 Å². The van der Waals surface area contributed by atoms with Crippen LogP contribution in [0.15, 0.2) is 18.2 Å². The smallest absolute Gasteiger partial charge is 0.180 e. The lowest BCUT2D eigenvalue weighted by Gasteiger charge is -2.34. The van der Waals surface area contributed by atoms with Gasteiger partial charge in [-0.25, -0.2) is 4.98 Å². The van der Waals surface area contributed by atoms with Crippen molar-refractivity contribution in [3.8, 4) is 17.0 Å². The van der Waals surface area contributed by atoms with Crippen LogP contribution in [0.2, 0.25) is 0 Å². The number of thiazole rings is 1. The summed E-state index contributed by atoms with van der Waals surface area (Å²) in [6.07, 6.45) is 4.60. The van der Waals surface area contributed by atoms with E-state index in [0.29, 0.717) is 5.13 Å². The fourth-order valence-electron chi connectivity index (χ4n) is 3.28. The summed E-state index contributed by atoms with van der Waals surface area (Å²) in [6.45, 7) is 2.09. The second kappa shape index (κ2) is 3.73. The summed E-state index contributed by atoms with van der Waals surface area (Å²) in [5.41, 5.74) is 9.17. The number of fused-ring (bicyclic) bond motifs is 4. The zero-order chi connectivity index (χ0) is 13.0. The van der Waals surface area contributed by atoms with E-state index in [-0.39, 0.29) is 5.60 Å². The predicted octanol–water partition coefficient (Wildman–Crippen LogP) is 3.86. The summed E-state index contributed by atoms with van der Waals surface area (Å²) in [7, 11) is 0. The van der Waals surface area contributed by atoms with Crippen LogP contribution in [0.3, 0.4) is 0 Å². The van der Waals surface area contributed by atoms with E-state index < -0.39 is 0 Å². The van der Waals surface area contributed by atoms with Crippen molar-refractivity contribution in [2.24, 2.45) is 0 Å². The van der Waals surface area contributed by atoms with E-state index in [1.54, 1.807) is 11.3 Å². The fourth-order valence-corrected chi connectivity index (χ4v) is 4.31. The Balaban J connectivity index is 1.99.